The summed E-state index contributed by atoms with van der Waals surface area (Å²) in [6.07, 6.45) is 0.674. The first-order chi connectivity index (χ1) is 9.95. The third kappa shape index (κ3) is 2.89. The second-order valence-corrected chi connectivity index (χ2v) is 4.85. The normalized spacial score (nSPS) is 10.5. The minimum Gasteiger partial charge on any atom is -0.426 e. The van der Waals surface area contributed by atoms with Crippen molar-refractivity contribution in [3.8, 4) is 11.5 Å². The zero-order chi connectivity index (χ0) is 15.6. The highest BCUT2D eigenvalue weighted by Crippen LogP contribution is 2.40. The van der Waals surface area contributed by atoms with Gasteiger partial charge < -0.3 is 9.47 Å². The fraction of sp³-hybridized carbons (Fsp3) is 0.294. The summed E-state index contributed by atoms with van der Waals surface area (Å²) in [4.78, 5) is 22.8. The number of ether oxygens (including phenoxy) is 2. The van der Waals surface area contributed by atoms with E-state index in [-0.39, 0.29) is 11.9 Å². The molecule has 0 unspecified atom stereocenters. The van der Waals surface area contributed by atoms with Crippen LogP contribution in [0.25, 0.3) is 10.8 Å². The molecule has 21 heavy (non-hydrogen) atoms. The molecule has 0 radical (unpaired) electrons. The average molecular weight is 286 g/mol. The maximum absolute atomic E-state index is 11.4. The van der Waals surface area contributed by atoms with Crippen LogP contribution in [0.5, 0.6) is 11.5 Å². The maximum atomic E-state index is 11.4. The summed E-state index contributed by atoms with van der Waals surface area (Å²) >= 11 is 0. The number of carbonyl (C=O) groups is 2. The van der Waals surface area contributed by atoms with Crippen LogP contribution in [0.4, 0.5) is 0 Å². The molecule has 0 atom stereocenters. The molecule has 0 saturated carbocycles. The van der Waals surface area contributed by atoms with Crippen molar-refractivity contribution in [1.82, 2.24) is 0 Å². The number of carbonyl (C=O) groups excluding carboxylic acids is 2. The van der Waals surface area contributed by atoms with Crippen molar-refractivity contribution in [3.05, 3.63) is 35.4 Å². The Kier molecular flexibility index (Phi) is 4.26. The molecule has 4 heteroatoms. The molecule has 0 fully saturated rings. The number of hydrogen-bond acceptors (Lipinski definition) is 4. The van der Waals surface area contributed by atoms with E-state index in [9.17, 15) is 9.59 Å². The average Bonchev–Trinajstić information content (AvgIpc) is 2.43. The van der Waals surface area contributed by atoms with Gasteiger partial charge in [0.1, 0.15) is 11.5 Å². The number of hydrogen-bond donors (Lipinski definition) is 0. The fourth-order valence-corrected chi connectivity index (χ4v) is 2.51. The van der Waals surface area contributed by atoms with Gasteiger partial charge in [0.05, 0.1) is 0 Å². The minimum absolute atomic E-state index is 0.366. The van der Waals surface area contributed by atoms with Crippen molar-refractivity contribution in [2.75, 3.05) is 0 Å². The number of fused-ring (bicyclic) bond motifs is 1. The Morgan fingerprint density at radius 2 is 1.43 bits per heavy atom. The Balaban J connectivity index is 2.84. The Morgan fingerprint density at radius 3 is 1.90 bits per heavy atom. The van der Waals surface area contributed by atoms with E-state index >= 15 is 0 Å². The van der Waals surface area contributed by atoms with Crippen molar-refractivity contribution in [3.63, 3.8) is 0 Å². The molecule has 0 spiro atoms. The second-order valence-electron chi connectivity index (χ2n) is 4.85. The predicted octanol–water partition coefficient (Wildman–Crippen LogP) is 3.56. The Bertz CT molecular complexity index is 716. The molecule has 0 N–H and O–H groups in total. The number of rotatable bonds is 3. The highest BCUT2D eigenvalue weighted by Gasteiger charge is 2.19. The van der Waals surface area contributed by atoms with E-state index in [1.165, 1.54) is 13.8 Å². The lowest BCUT2D eigenvalue weighted by Crippen LogP contribution is -2.09. The van der Waals surface area contributed by atoms with Gasteiger partial charge in [-0.25, -0.2) is 0 Å². The van der Waals surface area contributed by atoms with Crippen LogP contribution < -0.4 is 9.47 Å². The van der Waals surface area contributed by atoms with E-state index in [0.717, 1.165) is 21.9 Å². The van der Waals surface area contributed by atoms with Crippen LogP contribution in [-0.4, -0.2) is 11.9 Å². The van der Waals surface area contributed by atoms with E-state index in [4.69, 9.17) is 9.47 Å². The highest BCUT2D eigenvalue weighted by molar-refractivity contribution is 5.98. The summed E-state index contributed by atoms with van der Waals surface area (Å²) in [6, 6.07) is 7.44. The van der Waals surface area contributed by atoms with E-state index in [1.54, 1.807) is 0 Å². The van der Waals surface area contributed by atoms with E-state index < -0.39 is 0 Å². The first kappa shape index (κ1) is 15.0. The van der Waals surface area contributed by atoms with Crippen molar-refractivity contribution in [2.24, 2.45) is 0 Å². The van der Waals surface area contributed by atoms with Gasteiger partial charge in [0.25, 0.3) is 0 Å². The predicted molar refractivity (Wildman–Crippen MR) is 80.7 cm³/mol. The highest BCUT2D eigenvalue weighted by atomic mass is 16.5. The van der Waals surface area contributed by atoms with Crippen LogP contribution in [0.2, 0.25) is 0 Å². The zero-order valence-electron chi connectivity index (χ0n) is 12.6. The molecule has 2 aromatic carbocycles. The lowest BCUT2D eigenvalue weighted by Gasteiger charge is -2.18. The minimum atomic E-state index is -0.370. The van der Waals surface area contributed by atoms with Crippen molar-refractivity contribution < 1.29 is 19.1 Å². The van der Waals surface area contributed by atoms with Crippen LogP contribution >= 0.6 is 0 Å². The van der Waals surface area contributed by atoms with Crippen LogP contribution in [0.3, 0.4) is 0 Å². The largest absolute Gasteiger partial charge is 0.426 e. The summed E-state index contributed by atoms with van der Waals surface area (Å²) in [5.74, 6) is 0.347. The lowest BCUT2D eigenvalue weighted by molar-refractivity contribution is -0.133. The first-order valence-corrected chi connectivity index (χ1v) is 6.86. The molecule has 0 bridgehead atoms. The number of benzene rings is 2. The summed E-state index contributed by atoms with van der Waals surface area (Å²) in [5, 5.41) is 1.53. The van der Waals surface area contributed by atoms with E-state index in [0.29, 0.717) is 17.9 Å². The van der Waals surface area contributed by atoms with Crippen molar-refractivity contribution >= 4 is 22.7 Å². The van der Waals surface area contributed by atoms with Gasteiger partial charge >= 0.3 is 11.9 Å². The van der Waals surface area contributed by atoms with Gasteiger partial charge in [-0.1, -0.05) is 31.2 Å². The van der Waals surface area contributed by atoms with Gasteiger partial charge in [-0.3, -0.25) is 9.59 Å². The Labute approximate surface area is 123 Å². The van der Waals surface area contributed by atoms with Crippen molar-refractivity contribution in [1.29, 1.82) is 0 Å². The molecule has 0 aliphatic carbocycles. The molecule has 4 nitrogen and oxygen atoms in total. The molecule has 2 rings (SSSR count). The Hall–Kier alpha value is -2.36. The molecule has 0 aliphatic heterocycles. The van der Waals surface area contributed by atoms with E-state index in [2.05, 4.69) is 0 Å². The molecule has 0 aliphatic rings. The lowest BCUT2D eigenvalue weighted by atomic mass is 9.97. The Morgan fingerprint density at radius 1 is 0.952 bits per heavy atom. The maximum Gasteiger partial charge on any atom is 0.308 e. The summed E-state index contributed by atoms with van der Waals surface area (Å²) in [6.45, 7) is 6.60. The van der Waals surface area contributed by atoms with Crippen LogP contribution in [0, 0.1) is 6.92 Å². The van der Waals surface area contributed by atoms with Gasteiger partial charge in [0.15, 0.2) is 0 Å². The van der Waals surface area contributed by atoms with Crippen LogP contribution in [0.1, 0.15) is 31.9 Å². The van der Waals surface area contributed by atoms with Crippen molar-refractivity contribution in [2.45, 2.75) is 34.1 Å². The SMILES string of the molecule is CCc1c(C)c(OC(C)=O)c2ccccc2c1OC(C)=O. The van der Waals surface area contributed by atoms with Gasteiger partial charge in [-0.15, -0.1) is 0 Å². The molecular weight excluding hydrogens is 268 g/mol. The van der Waals surface area contributed by atoms with Gasteiger partial charge in [-0.05, 0) is 18.9 Å². The topological polar surface area (TPSA) is 52.6 Å². The van der Waals surface area contributed by atoms with Gasteiger partial charge in [0, 0.05) is 30.2 Å². The summed E-state index contributed by atoms with van der Waals surface area (Å²) in [5.41, 5.74) is 1.70. The monoisotopic (exact) mass is 286 g/mol. The molecular formula is C17H18O4. The number of esters is 2. The van der Waals surface area contributed by atoms with Crippen LogP contribution in [0.15, 0.2) is 24.3 Å². The summed E-state index contributed by atoms with van der Waals surface area (Å²) in [7, 11) is 0. The molecule has 0 amide bonds. The quantitative estimate of drug-likeness (QED) is 0.639. The molecule has 0 heterocycles. The molecule has 0 aromatic heterocycles. The van der Waals surface area contributed by atoms with Gasteiger partial charge in [0.2, 0.25) is 0 Å². The first-order valence-electron chi connectivity index (χ1n) is 6.86. The smallest absolute Gasteiger partial charge is 0.308 e. The third-order valence-electron chi connectivity index (χ3n) is 3.33. The third-order valence-corrected chi connectivity index (χ3v) is 3.33. The summed E-state index contributed by atoms with van der Waals surface area (Å²) < 4.78 is 10.8. The zero-order valence-corrected chi connectivity index (χ0v) is 12.6. The van der Waals surface area contributed by atoms with Crippen LogP contribution in [-0.2, 0) is 16.0 Å². The molecule has 0 saturated heterocycles. The second kappa shape index (κ2) is 5.95. The van der Waals surface area contributed by atoms with Gasteiger partial charge in [-0.2, -0.15) is 0 Å². The van der Waals surface area contributed by atoms with E-state index in [1.807, 2.05) is 38.1 Å². The standard InChI is InChI=1S/C17H18O4/c1-5-13-10(2)16(20-11(3)18)14-8-6-7-9-15(14)17(13)21-12(4)19/h6-9H,5H2,1-4H3. The molecule has 2 aromatic rings. The molecule has 110 valence electrons. The fourth-order valence-electron chi connectivity index (χ4n) is 2.51.